The van der Waals surface area contributed by atoms with Gasteiger partial charge in [0.1, 0.15) is 12.7 Å². The molecule has 1 atom stereocenters. The number of rotatable bonds is 4. The van der Waals surface area contributed by atoms with Crippen LogP contribution in [0.15, 0.2) is 91.5 Å². The standard InChI is InChI=1S/C28H25N5O/c1-20-7-12-26-22(15-20)16-25-13-14-28(17-33(25)26,23-5-3-2-4-6-23)31-27(34)21-8-10-24(11-9-21)32-18-29-30-19-32/h2-12,15-16,18-19H,13-14,17H2,1H3,(H,31,34)/t28-/m1/s1. The molecule has 6 rings (SSSR count). The van der Waals surface area contributed by atoms with E-state index in [-0.39, 0.29) is 5.91 Å². The summed E-state index contributed by atoms with van der Waals surface area (Å²) >= 11 is 0. The van der Waals surface area contributed by atoms with Crippen molar-refractivity contribution in [2.75, 3.05) is 0 Å². The third kappa shape index (κ3) is 3.48. The summed E-state index contributed by atoms with van der Waals surface area (Å²) < 4.78 is 4.19. The Kier molecular flexibility index (Phi) is 4.80. The molecule has 0 aliphatic carbocycles. The first-order valence-electron chi connectivity index (χ1n) is 11.5. The van der Waals surface area contributed by atoms with E-state index in [1.54, 1.807) is 12.7 Å². The van der Waals surface area contributed by atoms with Gasteiger partial charge in [0, 0.05) is 27.8 Å². The number of nitrogens with one attached hydrogen (secondary N) is 1. The van der Waals surface area contributed by atoms with Crippen molar-refractivity contribution in [2.45, 2.75) is 31.8 Å². The van der Waals surface area contributed by atoms with Gasteiger partial charge in [-0.3, -0.25) is 9.36 Å². The average molecular weight is 448 g/mol. The predicted molar refractivity (Wildman–Crippen MR) is 132 cm³/mol. The van der Waals surface area contributed by atoms with Crippen LogP contribution in [0.2, 0.25) is 0 Å². The number of hydrogen-bond donors (Lipinski definition) is 1. The van der Waals surface area contributed by atoms with Crippen LogP contribution in [-0.4, -0.2) is 25.2 Å². The molecule has 6 nitrogen and oxygen atoms in total. The Hall–Kier alpha value is -4.19. The fourth-order valence-corrected chi connectivity index (χ4v) is 5.11. The maximum atomic E-state index is 13.5. The highest BCUT2D eigenvalue weighted by Gasteiger charge is 2.38. The van der Waals surface area contributed by atoms with Crippen molar-refractivity contribution in [3.63, 3.8) is 0 Å². The Balaban J connectivity index is 1.36. The van der Waals surface area contributed by atoms with Gasteiger partial charge in [0.05, 0.1) is 12.1 Å². The number of hydrogen-bond acceptors (Lipinski definition) is 3. The lowest BCUT2D eigenvalue weighted by molar-refractivity contribution is 0.0868. The number of carbonyl (C=O) groups is 1. The van der Waals surface area contributed by atoms with Gasteiger partial charge in [0.25, 0.3) is 5.91 Å². The summed E-state index contributed by atoms with van der Waals surface area (Å²) in [5.74, 6) is -0.0742. The lowest BCUT2D eigenvalue weighted by Gasteiger charge is -2.40. The van der Waals surface area contributed by atoms with Crippen LogP contribution in [0, 0.1) is 6.92 Å². The summed E-state index contributed by atoms with van der Waals surface area (Å²) in [5, 5.41) is 12.4. The summed E-state index contributed by atoms with van der Waals surface area (Å²) in [6.45, 7) is 2.82. The van der Waals surface area contributed by atoms with E-state index in [9.17, 15) is 4.79 Å². The highest BCUT2D eigenvalue weighted by molar-refractivity contribution is 5.95. The predicted octanol–water partition coefficient (Wildman–Crippen LogP) is 4.80. The molecule has 2 aromatic heterocycles. The average Bonchev–Trinajstić information content (AvgIpc) is 3.52. The zero-order valence-corrected chi connectivity index (χ0v) is 19.0. The zero-order valence-electron chi connectivity index (χ0n) is 19.0. The van der Waals surface area contributed by atoms with Gasteiger partial charge >= 0.3 is 0 Å². The van der Waals surface area contributed by atoms with Gasteiger partial charge in [-0.1, -0.05) is 42.0 Å². The van der Waals surface area contributed by atoms with E-state index in [2.05, 4.69) is 63.4 Å². The second kappa shape index (κ2) is 7.99. The summed E-state index contributed by atoms with van der Waals surface area (Å²) in [4.78, 5) is 13.5. The number of aromatic nitrogens is 4. The molecule has 1 amide bonds. The summed E-state index contributed by atoms with van der Waals surface area (Å²) in [6, 6.07) is 26.8. The molecular weight excluding hydrogens is 422 g/mol. The third-order valence-electron chi connectivity index (χ3n) is 6.90. The number of aryl methyl sites for hydroxylation is 2. The fourth-order valence-electron chi connectivity index (χ4n) is 5.11. The molecule has 0 fully saturated rings. The number of nitrogens with zero attached hydrogens (tertiary/aromatic N) is 4. The minimum atomic E-state index is -0.491. The van der Waals surface area contributed by atoms with Crippen molar-refractivity contribution in [3.05, 3.63) is 114 Å². The smallest absolute Gasteiger partial charge is 0.252 e. The first-order chi connectivity index (χ1) is 16.6. The van der Waals surface area contributed by atoms with E-state index in [1.807, 2.05) is 47.0 Å². The van der Waals surface area contributed by atoms with Gasteiger partial charge in [-0.15, -0.1) is 10.2 Å². The Morgan fingerprint density at radius 3 is 2.47 bits per heavy atom. The van der Waals surface area contributed by atoms with Crippen LogP contribution < -0.4 is 5.32 Å². The van der Waals surface area contributed by atoms with Crippen LogP contribution in [0.4, 0.5) is 0 Å². The number of amides is 1. The SMILES string of the molecule is Cc1ccc2c(c1)cc1n2C[C@@](NC(=O)c2ccc(-n3cnnc3)cc2)(c2ccccc2)CC1. The van der Waals surface area contributed by atoms with Crippen LogP contribution in [0.1, 0.15) is 33.6 Å². The molecule has 3 heterocycles. The lowest BCUT2D eigenvalue weighted by atomic mass is 9.82. The molecule has 5 aromatic rings. The fraction of sp³-hybridized carbons (Fsp3) is 0.179. The molecule has 0 saturated carbocycles. The Morgan fingerprint density at radius 1 is 0.941 bits per heavy atom. The lowest BCUT2D eigenvalue weighted by Crippen LogP contribution is -2.51. The summed E-state index contributed by atoms with van der Waals surface area (Å²) in [5.41, 5.74) is 5.97. The van der Waals surface area contributed by atoms with Crippen molar-refractivity contribution < 1.29 is 4.79 Å². The first kappa shape index (κ1) is 20.4. The maximum absolute atomic E-state index is 13.5. The van der Waals surface area contributed by atoms with Crippen LogP contribution in [0.25, 0.3) is 16.6 Å². The topological polar surface area (TPSA) is 64.7 Å². The van der Waals surface area contributed by atoms with Crippen molar-refractivity contribution in [3.8, 4) is 5.69 Å². The first-order valence-corrected chi connectivity index (χ1v) is 11.5. The molecule has 0 saturated heterocycles. The van der Waals surface area contributed by atoms with Crippen molar-refractivity contribution in [2.24, 2.45) is 0 Å². The highest BCUT2D eigenvalue weighted by atomic mass is 16.1. The molecule has 1 aliphatic rings. The van der Waals surface area contributed by atoms with Gasteiger partial charge < -0.3 is 9.88 Å². The van der Waals surface area contributed by atoms with Gasteiger partial charge in [0.15, 0.2) is 0 Å². The summed E-state index contributed by atoms with van der Waals surface area (Å²) in [6.07, 6.45) is 5.02. The van der Waals surface area contributed by atoms with E-state index in [0.717, 1.165) is 24.1 Å². The molecule has 0 bridgehead atoms. The van der Waals surface area contributed by atoms with Gasteiger partial charge in [-0.2, -0.15) is 0 Å². The number of carbonyl (C=O) groups excluding carboxylic acids is 1. The summed E-state index contributed by atoms with van der Waals surface area (Å²) in [7, 11) is 0. The van der Waals surface area contributed by atoms with E-state index in [4.69, 9.17) is 0 Å². The van der Waals surface area contributed by atoms with Gasteiger partial charge in [-0.05, 0) is 67.8 Å². The Bertz CT molecular complexity index is 1470. The van der Waals surface area contributed by atoms with Crippen molar-refractivity contribution >= 4 is 16.8 Å². The monoisotopic (exact) mass is 447 g/mol. The molecule has 0 spiro atoms. The van der Waals surface area contributed by atoms with Gasteiger partial charge in [-0.25, -0.2) is 0 Å². The molecule has 168 valence electrons. The van der Waals surface area contributed by atoms with E-state index < -0.39 is 5.54 Å². The number of fused-ring (bicyclic) bond motifs is 3. The van der Waals surface area contributed by atoms with E-state index >= 15 is 0 Å². The maximum Gasteiger partial charge on any atom is 0.252 e. The van der Waals surface area contributed by atoms with E-state index in [1.165, 1.54) is 22.2 Å². The Morgan fingerprint density at radius 2 is 1.71 bits per heavy atom. The minimum Gasteiger partial charge on any atom is -0.342 e. The van der Waals surface area contributed by atoms with Crippen LogP contribution >= 0.6 is 0 Å². The van der Waals surface area contributed by atoms with Crippen LogP contribution in [0.3, 0.4) is 0 Å². The zero-order chi connectivity index (χ0) is 23.1. The van der Waals surface area contributed by atoms with Crippen LogP contribution in [0.5, 0.6) is 0 Å². The second-order valence-electron chi connectivity index (χ2n) is 9.10. The molecule has 1 aliphatic heterocycles. The largest absolute Gasteiger partial charge is 0.342 e. The quantitative estimate of drug-likeness (QED) is 0.430. The number of benzene rings is 3. The highest BCUT2D eigenvalue weighted by Crippen LogP contribution is 2.37. The van der Waals surface area contributed by atoms with Crippen molar-refractivity contribution in [1.82, 2.24) is 24.6 Å². The van der Waals surface area contributed by atoms with Crippen molar-refractivity contribution in [1.29, 1.82) is 0 Å². The molecular formula is C28H25N5O. The molecule has 3 aromatic carbocycles. The molecule has 34 heavy (non-hydrogen) atoms. The van der Waals surface area contributed by atoms with Gasteiger partial charge in [0.2, 0.25) is 0 Å². The van der Waals surface area contributed by atoms with E-state index in [0.29, 0.717) is 12.1 Å². The van der Waals surface area contributed by atoms with Crippen LogP contribution in [-0.2, 0) is 18.5 Å². The third-order valence-corrected chi connectivity index (χ3v) is 6.90. The molecule has 0 radical (unpaired) electrons. The second-order valence-corrected chi connectivity index (χ2v) is 9.10. The normalized spacial score (nSPS) is 17.4. The molecule has 0 unspecified atom stereocenters. The minimum absolute atomic E-state index is 0.0742. The molecule has 1 N–H and O–H groups in total. The molecule has 6 heteroatoms. The Labute approximate surface area is 197 Å².